The van der Waals surface area contributed by atoms with Gasteiger partial charge in [-0.15, -0.1) is 0 Å². The van der Waals surface area contributed by atoms with Gasteiger partial charge in [0.05, 0.1) is 5.41 Å². The topological polar surface area (TPSA) is 66.8 Å². The molecule has 1 fully saturated rings. The van der Waals surface area contributed by atoms with Gasteiger partial charge in [-0.1, -0.05) is 29.8 Å². The number of halogens is 1. The Kier molecular flexibility index (Phi) is 5.08. The lowest BCUT2D eigenvalue weighted by atomic mass is 9.72. The summed E-state index contributed by atoms with van der Waals surface area (Å²) < 4.78 is 5.39. The monoisotopic (exact) mass is 325 g/mol. The second-order valence-electron chi connectivity index (χ2n) is 5.60. The van der Waals surface area contributed by atoms with Gasteiger partial charge in [-0.3, -0.25) is 4.79 Å². The zero-order valence-electron chi connectivity index (χ0n) is 12.7. The molecule has 0 radical (unpaired) electrons. The quantitative estimate of drug-likeness (QED) is 0.922. The molecule has 1 amide bonds. The molecular formula is C16H20ClNO4. The Morgan fingerprint density at radius 1 is 1.32 bits per heavy atom. The van der Waals surface area contributed by atoms with Crippen molar-refractivity contribution in [2.45, 2.75) is 31.2 Å². The number of hydrogen-bond acceptors (Lipinski definition) is 3. The molecule has 120 valence electrons. The van der Waals surface area contributed by atoms with Crippen LogP contribution in [0.1, 0.15) is 25.3 Å². The maximum atomic E-state index is 13.1. The van der Waals surface area contributed by atoms with E-state index in [0.29, 0.717) is 31.1 Å². The van der Waals surface area contributed by atoms with Gasteiger partial charge in [-0.2, -0.15) is 0 Å². The van der Waals surface area contributed by atoms with Crippen LogP contribution in [0, 0.1) is 0 Å². The van der Waals surface area contributed by atoms with E-state index in [0.717, 1.165) is 5.56 Å². The van der Waals surface area contributed by atoms with Crippen LogP contribution in [0.5, 0.6) is 0 Å². The SMILES string of the molecule is CC(C(=O)O)N(C)C(=O)C1(c2ccccc2Cl)CCOCC1. The summed E-state index contributed by atoms with van der Waals surface area (Å²) in [6.07, 6.45) is 0.985. The van der Waals surface area contributed by atoms with Crippen LogP contribution in [0.4, 0.5) is 0 Å². The second kappa shape index (κ2) is 6.67. The number of carbonyl (C=O) groups is 2. The highest BCUT2D eigenvalue weighted by atomic mass is 35.5. The molecule has 1 aromatic rings. The Balaban J connectivity index is 2.44. The fourth-order valence-electron chi connectivity index (χ4n) is 2.85. The number of nitrogens with zero attached hydrogens (tertiary/aromatic N) is 1. The van der Waals surface area contributed by atoms with E-state index in [1.807, 2.05) is 18.2 Å². The fraction of sp³-hybridized carbons (Fsp3) is 0.500. The number of ether oxygens (including phenoxy) is 1. The van der Waals surface area contributed by atoms with Gasteiger partial charge in [0.25, 0.3) is 0 Å². The van der Waals surface area contributed by atoms with Crippen molar-refractivity contribution < 1.29 is 19.4 Å². The highest BCUT2D eigenvalue weighted by molar-refractivity contribution is 6.31. The van der Waals surface area contributed by atoms with Crippen LogP contribution in [0.15, 0.2) is 24.3 Å². The van der Waals surface area contributed by atoms with Crippen molar-refractivity contribution in [2.24, 2.45) is 0 Å². The Morgan fingerprint density at radius 3 is 2.45 bits per heavy atom. The van der Waals surface area contributed by atoms with Gasteiger partial charge < -0.3 is 14.7 Å². The zero-order chi connectivity index (χ0) is 16.3. The predicted molar refractivity (Wildman–Crippen MR) is 83.1 cm³/mol. The summed E-state index contributed by atoms with van der Waals surface area (Å²) in [7, 11) is 1.52. The molecule has 1 heterocycles. The molecule has 22 heavy (non-hydrogen) atoms. The third kappa shape index (κ3) is 2.96. The molecule has 6 heteroatoms. The molecule has 0 spiro atoms. The number of benzene rings is 1. The Morgan fingerprint density at radius 2 is 1.91 bits per heavy atom. The lowest BCUT2D eigenvalue weighted by Gasteiger charge is -2.40. The summed E-state index contributed by atoms with van der Waals surface area (Å²) in [5.74, 6) is -1.25. The highest BCUT2D eigenvalue weighted by Gasteiger charge is 2.45. The van der Waals surface area contributed by atoms with E-state index in [9.17, 15) is 9.59 Å². The van der Waals surface area contributed by atoms with Crippen molar-refractivity contribution in [3.8, 4) is 0 Å². The van der Waals surface area contributed by atoms with Crippen LogP contribution in [-0.4, -0.2) is 48.2 Å². The third-order valence-electron chi connectivity index (χ3n) is 4.40. The lowest BCUT2D eigenvalue weighted by Crippen LogP contribution is -2.52. The fourth-order valence-corrected chi connectivity index (χ4v) is 3.16. The van der Waals surface area contributed by atoms with Crippen molar-refractivity contribution in [3.05, 3.63) is 34.9 Å². The number of hydrogen-bond donors (Lipinski definition) is 1. The summed E-state index contributed by atoms with van der Waals surface area (Å²) in [5.41, 5.74) is -0.0795. The van der Waals surface area contributed by atoms with Crippen molar-refractivity contribution in [2.75, 3.05) is 20.3 Å². The maximum Gasteiger partial charge on any atom is 0.326 e. The van der Waals surface area contributed by atoms with Crippen LogP contribution >= 0.6 is 11.6 Å². The summed E-state index contributed by atoms with van der Waals surface area (Å²) in [4.78, 5) is 25.5. The average molecular weight is 326 g/mol. The Bertz CT molecular complexity index is 569. The third-order valence-corrected chi connectivity index (χ3v) is 4.73. The zero-order valence-corrected chi connectivity index (χ0v) is 13.5. The first-order valence-corrected chi connectivity index (χ1v) is 7.61. The molecule has 1 saturated heterocycles. The van der Waals surface area contributed by atoms with Crippen LogP contribution in [-0.2, 0) is 19.7 Å². The summed E-state index contributed by atoms with van der Waals surface area (Å²) in [6, 6.07) is 6.35. The molecule has 1 N–H and O–H groups in total. The van der Waals surface area contributed by atoms with E-state index in [1.165, 1.54) is 18.9 Å². The first kappa shape index (κ1) is 16.8. The molecule has 1 aliphatic heterocycles. The molecular weight excluding hydrogens is 306 g/mol. The predicted octanol–water partition coefficient (Wildman–Crippen LogP) is 2.32. The first-order chi connectivity index (χ1) is 10.4. The highest BCUT2D eigenvalue weighted by Crippen LogP contribution is 2.40. The molecule has 1 aliphatic rings. The summed E-state index contributed by atoms with van der Waals surface area (Å²) in [6.45, 7) is 2.40. The van der Waals surface area contributed by atoms with Gasteiger partial charge in [0.15, 0.2) is 0 Å². The summed E-state index contributed by atoms with van der Waals surface area (Å²) in [5, 5.41) is 9.69. The minimum Gasteiger partial charge on any atom is -0.480 e. The first-order valence-electron chi connectivity index (χ1n) is 7.23. The van der Waals surface area contributed by atoms with Crippen LogP contribution in [0.3, 0.4) is 0 Å². The molecule has 2 rings (SSSR count). The second-order valence-corrected chi connectivity index (χ2v) is 6.01. The van der Waals surface area contributed by atoms with Gasteiger partial charge in [0.1, 0.15) is 6.04 Å². The van der Waals surface area contributed by atoms with Gasteiger partial charge in [0, 0.05) is 25.3 Å². The van der Waals surface area contributed by atoms with E-state index in [2.05, 4.69) is 0 Å². The summed E-state index contributed by atoms with van der Waals surface area (Å²) >= 11 is 6.31. The minimum atomic E-state index is -1.03. The molecule has 1 atom stereocenters. The number of carboxylic acid groups (broad SMARTS) is 1. The van der Waals surface area contributed by atoms with Gasteiger partial charge in [-0.05, 0) is 31.4 Å². The Hall–Kier alpha value is -1.59. The van der Waals surface area contributed by atoms with Gasteiger partial charge >= 0.3 is 5.97 Å². The van der Waals surface area contributed by atoms with Crippen molar-refractivity contribution >= 4 is 23.5 Å². The standard InChI is InChI=1S/C16H20ClNO4/c1-11(14(19)20)18(2)15(21)16(7-9-22-10-8-16)12-5-3-4-6-13(12)17/h3-6,11H,7-10H2,1-2H3,(H,19,20). The van der Waals surface area contributed by atoms with Crippen molar-refractivity contribution in [1.82, 2.24) is 4.90 Å². The van der Waals surface area contributed by atoms with E-state index in [-0.39, 0.29) is 5.91 Å². The number of amides is 1. The number of rotatable bonds is 4. The normalized spacial score (nSPS) is 18.5. The number of carboxylic acids is 1. The van der Waals surface area contributed by atoms with E-state index < -0.39 is 17.4 Å². The van der Waals surface area contributed by atoms with E-state index >= 15 is 0 Å². The molecule has 0 aromatic heterocycles. The van der Waals surface area contributed by atoms with Crippen molar-refractivity contribution in [3.63, 3.8) is 0 Å². The number of carbonyl (C=O) groups excluding carboxylic acids is 1. The van der Waals surface area contributed by atoms with Crippen LogP contribution in [0.2, 0.25) is 5.02 Å². The molecule has 1 unspecified atom stereocenters. The van der Waals surface area contributed by atoms with Crippen LogP contribution in [0.25, 0.3) is 0 Å². The number of aliphatic carboxylic acids is 1. The van der Waals surface area contributed by atoms with Gasteiger partial charge in [0.2, 0.25) is 5.91 Å². The van der Waals surface area contributed by atoms with Crippen LogP contribution < -0.4 is 0 Å². The number of likely N-dealkylation sites (N-methyl/N-ethyl adjacent to an activating group) is 1. The minimum absolute atomic E-state index is 0.223. The van der Waals surface area contributed by atoms with E-state index in [4.69, 9.17) is 21.4 Å². The molecule has 0 bridgehead atoms. The maximum absolute atomic E-state index is 13.1. The smallest absolute Gasteiger partial charge is 0.326 e. The average Bonchev–Trinajstić information content (AvgIpc) is 2.53. The molecule has 5 nitrogen and oxygen atoms in total. The molecule has 0 aliphatic carbocycles. The van der Waals surface area contributed by atoms with Crippen molar-refractivity contribution in [1.29, 1.82) is 0 Å². The largest absolute Gasteiger partial charge is 0.480 e. The van der Waals surface area contributed by atoms with Gasteiger partial charge in [-0.25, -0.2) is 4.79 Å². The molecule has 1 aromatic carbocycles. The van der Waals surface area contributed by atoms with E-state index in [1.54, 1.807) is 6.07 Å². The molecule has 0 saturated carbocycles. The Labute approximate surface area is 134 Å². The lowest BCUT2D eigenvalue weighted by molar-refractivity contribution is -0.152.